The fraction of sp³-hybridized carbons (Fsp3) is 0.667. The summed E-state index contributed by atoms with van der Waals surface area (Å²) in [4.78, 5) is 12.9. The lowest BCUT2D eigenvalue weighted by Gasteiger charge is -2.64. The highest BCUT2D eigenvalue weighted by Crippen LogP contribution is 2.65. The molecule has 1 aromatic rings. The number of hydrogen-bond donors (Lipinski definition) is 2. The summed E-state index contributed by atoms with van der Waals surface area (Å²) in [5.41, 5.74) is -0.624. The number of rotatable bonds is 2. The summed E-state index contributed by atoms with van der Waals surface area (Å²) in [7, 11) is 0. The molecule has 2 bridgehead atoms. The number of quaternary nitrogens is 1. The first-order valence-corrected chi connectivity index (χ1v) is 9.78. The molecule has 146 valence electrons. The highest BCUT2D eigenvalue weighted by molar-refractivity contribution is 5.90. The van der Waals surface area contributed by atoms with Crippen LogP contribution in [0.3, 0.4) is 0 Å². The van der Waals surface area contributed by atoms with E-state index in [1.54, 1.807) is 6.07 Å². The zero-order chi connectivity index (χ0) is 20.4. The molecule has 3 aliphatic carbocycles. The van der Waals surface area contributed by atoms with Gasteiger partial charge in [-0.2, -0.15) is 0 Å². The van der Waals surface area contributed by atoms with Crippen molar-refractivity contribution in [3.05, 3.63) is 23.3 Å². The summed E-state index contributed by atoms with van der Waals surface area (Å²) in [6.45, 7) is -1.29. The van der Waals surface area contributed by atoms with Gasteiger partial charge in [0.1, 0.15) is 11.6 Å². The maximum absolute atomic E-state index is 12.9. The molecule has 5 nitrogen and oxygen atoms in total. The van der Waals surface area contributed by atoms with Crippen LogP contribution in [-0.2, 0) is 16.6 Å². The smallest absolute Gasteiger partial charge is 0.174 e. The molecular weight excluding hydrogens is 457 g/mol. The number of piperidine rings is 1. The van der Waals surface area contributed by atoms with Crippen LogP contribution in [0.25, 0.3) is 0 Å². The molecule has 6 rings (SSSR count). The zero-order valence-electron chi connectivity index (χ0n) is 18.1. The normalized spacial score (nSPS) is 45.7. The molecule has 2 N–H and O–H groups in total. The number of ketones is 1. The van der Waals surface area contributed by atoms with Gasteiger partial charge < -0.3 is 43.4 Å². The molecule has 6 heteroatoms. The Labute approximate surface area is 180 Å². The molecule has 1 unspecified atom stereocenters. The molecule has 3 fully saturated rings. The van der Waals surface area contributed by atoms with E-state index in [4.69, 9.17) is 8.85 Å². The second-order valence-electron chi connectivity index (χ2n) is 9.16. The Balaban J connectivity index is 0.00000193. The van der Waals surface area contributed by atoms with E-state index in [2.05, 4.69) is 0 Å². The third kappa shape index (κ3) is 2.00. The summed E-state index contributed by atoms with van der Waals surface area (Å²) >= 11 is 0. The summed E-state index contributed by atoms with van der Waals surface area (Å²) in [6.07, 6.45) is 2.49. The number of phenols is 1. The summed E-state index contributed by atoms with van der Waals surface area (Å²) in [5.74, 6) is 0.635. The first-order valence-electron chi connectivity index (χ1n) is 11.3. The molecule has 5 aliphatic rings. The van der Waals surface area contributed by atoms with Crippen molar-refractivity contribution in [2.45, 2.75) is 61.7 Å². The Hall–Kier alpha value is -0.860. The third-order valence-corrected chi connectivity index (χ3v) is 7.92. The monoisotopic (exact) mass is 486 g/mol. The van der Waals surface area contributed by atoms with Crippen LogP contribution in [0, 0.1) is 5.92 Å². The van der Waals surface area contributed by atoms with Crippen molar-refractivity contribution in [1.82, 2.24) is 0 Å². The molecule has 5 atom stereocenters. The van der Waals surface area contributed by atoms with Crippen LogP contribution >= 0.6 is 0 Å². The van der Waals surface area contributed by atoms with Crippen LogP contribution in [-0.4, -0.2) is 58.3 Å². The van der Waals surface area contributed by atoms with E-state index in [9.17, 15) is 15.0 Å². The fourth-order valence-corrected chi connectivity index (χ4v) is 6.60. The molecule has 27 heavy (non-hydrogen) atoms. The number of nitrogens with zero attached hydrogens (tertiary/aromatic N) is 1. The van der Waals surface area contributed by atoms with Crippen molar-refractivity contribution in [3.63, 3.8) is 0 Å². The maximum atomic E-state index is 12.9. The molecule has 0 aromatic heterocycles. The van der Waals surface area contributed by atoms with Gasteiger partial charge in [0.2, 0.25) is 0 Å². The van der Waals surface area contributed by atoms with Gasteiger partial charge in [-0.25, -0.2) is 0 Å². The summed E-state index contributed by atoms with van der Waals surface area (Å²) < 4.78 is 31.4. The van der Waals surface area contributed by atoms with Gasteiger partial charge in [0.15, 0.2) is 23.4 Å². The second-order valence-corrected chi connectivity index (χ2v) is 9.16. The van der Waals surface area contributed by atoms with Crippen LogP contribution in [0.5, 0.6) is 11.5 Å². The standard InChI is InChI=1S/C21H25NO4.HI/c1-22(11-12-2-3-12)9-8-20-17-13-4-5-14(23)18(17)26-19(20)15(24)6-7-21(20,25)16(22)10-13;/h4-5,12,16,19,25H,2-3,6-11H2,1H3;1H/t16-,19+,20+,21-,22?;/m1./s1/i1D3;. The van der Waals surface area contributed by atoms with E-state index < -0.39 is 30.1 Å². The number of ether oxygens (including phenoxy) is 1. The van der Waals surface area contributed by atoms with E-state index in [-0.39, 0.29) is 52.8 Å². The zero-order valence-corrected chi connectivity index (χ0v) is 17.2. The number of halogens is 1. The Bertz CT molecular complexity index is 951. The highest BCUT2D eigenvalue weighted by atomic mass is 127. The Morgan fingerprint density at radius 3 is 2.93 bits per heavy atom. The lowest BCUT2D eigenvalue weighted by molar-refractivity contribution is -0.950. The number of likely N-dealkylation sites (N-methyl/N-ethyl adjacent to an activating group) is 1. The lowest BCUT2D eigenvalue weighted by atomic mass is 9.48. The van der Waals surface area contributed by atoms with E-state index in [0.29, 0.717) is 37.6 Å². The van der Waals surface area contributed by atoms with Gasteiger partial charge in [-0.15, -0.1) is 0 Å². The van der Waals surface area contributed by atoms with Crippen molar-refractivity contribution in [3.8, 4) is 11.5 Å². The largest absolute Gasteiger partial charge is 1.00 e. The number of hydrogen-bond acceptors (Lipinski definition) is 4. The van der Waals surface area contributed by atoms with E-state index >= 15 is 0 Å². The van der Waals surface area contributed by atoms with Crippen LogP contribution in [0.15, 0.2) is 12.1 Å². The van der Waals surface area contributed by atoms with E-state index in [1.165, 1.54) is 0 Å². The van der Waals surface area contributed by atoms with Crippen LogP contribution in [0.2, 0.25) is 0 Å². The lowest BCUT2D eigenvalue weighted by Crippen LogP contribution is -3.00. The second kappa shape index (κ2) is 5.39. The van der Waals surface area contributed by atoms with Crippen LogP contribution < -0.4 is 28.7 Å². The van der Waals surface area contributed by atoms with Crippen molar-refractivity contribution in [2.24, 2.45) is 5.92 Å². The molecular formula is C21H26INO4. The Kier molecular flexibility index (Phi) is 3.00. The predicted molar refractivity (Wildman–Crippen MR) is 94.1 cm³/mol. The average Bonchev–Trinajstić information content (AvgIpc) is 3.38. The molecule has 2 saturated carbocycles. The summed E-state index contributed by atoms with van der Waals surface area (Å²) in [6, 6.07) is 2.88. The molecule has 1 aromatic carbocycles. The number of benzene rings is 1. The van der Waals surface area contributed by atoms with Crippen molar-refractivity contribution in [1.29, 1.82) is 0 Å². The first-order chi connectivity index (χ1) is 13.6. The molecule has 2 heterocycles. The number of phenolic OH excluding ortho intramolecular Hbond substituents is 1. The van der Waals surface area contributed by atoms with Gasteiger partial charge in [0.05, 0.1) is 29.6 Å². The van der Waals surface area contributed by atoms with Crippen LogP contribution in [0.1, 0.15) is 47.3 Å². The highest BCUT2D eigenvalue weighted by Gasteiger charge is 2.76. The van der Waals surface area contributed by atoms with Crippen molar-refractivity contribution < 1.29 is 52.3 Å². The Morgan fingerprint density at radius 2 is 2.19 bits per heavy atom. The third-order valence-electron chi connectivity index (χ3n) is 7.92. The van der Waals surface area contributed by atoms with E-state index in [1.807, 2.05) is 6.07 Å². The summed E-state index contributed by atoms with van der Waals surface area (Å²) in [5, 5.41) is 22.7. The molecule has 0 amide bonds. The number of likely N-dealkylation sites (tertiary alicyclic amines) is 1. The minimum Gasteiger partial charge on any atom is -1.00 e. The maximum Gasteiger partial charge on any atom is 0.174 e. The number of aliphatic hydroxyl groups is 1. The van der Waals surface area contributed by atoms with Crippen LogP contribution in [0.4, 0.5) is 0 Å². The van der Waals surface area contributed by atoms with Gasteiger partial charge >= 0.3 is 0 Å². The van der Waals surface area contributed by atoms with E-state index in [0.717, 1.165) is 24.0 Å². The number of Topliss-reactive ketones (excluding diaryl/α,β-unsaturated/α-hetero) is 1. The quantitative estimate of drug-likeness (QED) is 0.402. The van der Waals surface area contributed by atoms with Crippen molar-refractivity contribution in [2.75, 3.05) is 20.1 Å². The molecule has 2 aliphatic heterocycles. The number of carbonyl (C=O) groups excluding carboxylic acids is 1. The average molecular weight is 486 g/mol. The Morgan fingerprint density at radius 1 is 1.37 bits per heavy atom. The van der Waals surface area contributed by atoms with Gasteiger partial charge in [-0.3, -0.25) is 4.79 Å². The first kappa shape index (κ1) is 15.0. The van der Waals surface area contributed by atoms with Gasteiger partial charge in [-0.05, 0) is 30.9 Å². The number of carbonyl (C=O) groups is 1. The topological polar surface area (TPSA) is 66.8 Å². The van der Waals surface area contributed by atoms with Crippen molar-refractivity contribution >= 4 is 5.78 Å². The van der Waals surface area contributed by atoms with Gasteiger partial charge in [-0.1, -0.05) is 6.07 Å². The fourth-order valence-electron chi connectivity index (χ4n) is 6.60. The molecule has 1 spiro atoms. The predicted octanol–water partition coefficient (Wildman–Crippen LogP) is -1.33. The molecule has 1 saturated heterocycles. The van der Waals surface area contributed by atoms with Gasteiger partial charge in [0.25, 0.3) is 0 Å². The minimum atomic E-state index is -2.24. The SMILES string of the molecule is [2H]C([2H])([2H])[N+]1(CC2CC2)CC[C@]23c4c5ccc(O)c4O[C@H]2C(=O)CC[C@@]3(O)[C@H]1C5.[I-]. The van der Waals surface area contributed by atoms with Gasteiger partial charge in [0, 0.05) is 30.7 Å². The molecule has 0 radical (unpaired) electrons. The minimum absolute atomic E-state index is 0. The number of aromatic hydroxyl groups is 1.